The van der Waals surface area contributed by atoms with E-state index in [0.29, 0.717) is 16.9 Å². The molecule has 0 aliphatic heterocycles. The van der Waals surface area contributed by atoms with Gasteiger partial charge in [0, 0.05) is 10.5 Å². The number of benzene rings is 1. The van der Waals surface area contributed by atoms with Crippen LogP contribution in [0.1, 0.15) is 10.6 Å². The molecule has 0 N–H and O–H groups in total. The highest BCUT2D eigenvalue weighted by Crippen LogP contribution is 2.32. The molecule has 0 radical (unpaired) electrons. The third-order valence-electron chi connectivity index (χ3n) is 2.26. The van der Waals surface area contributed by atoms with Crippen molar-refractivity contribution in [3.8, 4) is 11.3 Å². The third kappa shape index (κ3) is 2.98. The molecule has 2 rings (SSSR count). The summed E-state index contributed by atoms with van der Waals surface area (Å²) in [5, 5.41) is 0. The van der Waals surface area contributed by atoms with E-state index in [-0.39, 0.29) is 11.5 Å². The molecule has 0 amide bonds. The van der Waals surface area contributed by atoms with Crippen LogP contribution in [-0.2, 0) is 0 Å². The molecule has 1 heterocycles. The van der Waals surface area contributed by atoms with Gasteiger partial charge in [0.1, 0.15) is 5.76 Å². The largest absolute Gasteiger partial charge is 0.453 e. The van der Waals surface area contributed by atoms with Crippen LogP contribution >= 0.6 is 11.8 Å². The molecule has 0 bridgehead atoms. The summed E-state index contributed by atoms with van der Waals surface area (Å²) >= 11 is 1.07. The molecule has 0 saturated carbocycles. The van der Waals surface area contributed by atoms with Crippen LogP contribution in [0, 0.1) is 0 Å². The Kier molecular flexibility index (Phi) is 4.15. The number of hydrogen-bond donors (Lipinski definition) is 0. The highest BCUT2D eigenvalue weighted by atomic mass is 32.2. The van der Waals surface area contributed by atoms with Crippen molar-refractivity contribution in [3.05, 3.63) is 42.2 Å². The molecule has 2 aromatic rings. The Hall–Kier alpha value is -1.62. The number of hydrogen-bond acceptors (Lipinski definition) is 3. The quantitative estimate of drug-likeness (QED) is 0.603. The number of thioether (sulfide) groups is 1. The molecule has 0 aliphatic carbocycles. The fourth-order valence-corrected chi connectivity index (χ4v) is 2.31. The van der Waals surface area contributed by atoms with Crippen LogP contribution in [-0.4, -0.2) is 18.5 Å². The molecule has 18 heavy (non-hydrogen) atoms. The maximum atomic E-state index is 12.2. The van der Waals surface area contributed by atoms with E-state index in [1.54, 1.807) is 36.4 Å². The first kappa shape index (κ1) is 12.8. The predicted octanol–water partition coefficient (Wildman–Crippen LogP) is 4.12. The number of alkyl halides is 2. The summed E-state index contributed by atoms with van der Waals surface area (Å²) in [4.78, 5) is 11.3. The van der Waals surface area contributed by atoms with Crippen LogP contribution in [0.25, 0.3) is 11.3 Å². The summed E-state index contributed by atoms with van der Waals surface area (Å²) in [6.07, 6.45) is -1.75. The van der Waals surface area contributed by atoms with Crippen molar-refractivity contribution >= 4 is 18.0 Å². The number of rotatable bonds is 5. The van der Waals surface area contributed by atoms with Crippen molar-refractivity contribution in [2.75, 3.05) is 5.75 Å². The first-order valence-electron chi connectivity index (χ1n) is 5.26. The molecule has 0 unspecified atom stereocenters. The molecular weight excluding hydrogens is 258 g/mol. The van der Waals surface area contributed by atoms with Crippen molar-refractivity contribution < 1.29 is 18.0 Å². The summed E-state index contributed by atoms with van der Waals surface area (Å²) in [6.45, 7) is 0. The van der Waals surface area contributed by atoms with E-state index in [4.69, 9.17) is 4.42 Å². The molecule has 0 atom stereocenters. The van der Waals surface area contributed by atoms with Gasteiger partial charge in [-0.05, 0) is 18.2 Å². The summed E-state index contributed by atoms with van der Waals surface area (Å²) < 4.78 is 29.7. The van der Waals surface area contributed by atoms with Gasteiger partial charge in [-0.3, -0.25) is 4.79 Å². The summed E-state index contributed by atoms with van der Waals surface area (Å²) in [5.74, 6) is 0.464. The molecule has 1 aromatic heterocycles. The lowest BCUT2D eigenvalue weighted by atomic mass is 10.2. The van der Waals surface area contributed by atoms with Crippen LogP contribution < -0.4 is 0 Å². The highest BCUT2D eigenvalue weighted by Gasteiger charge is 2.11. The molecule has 0 fully saturated rings. The zero-order valence-corrected chi connectivity index (χ0v) is 10.1. The standard InChI is InChI=1S/C13H10F2O2S/c14-13(15)8-18-12-4-2-1-3-10(12)11-6-5-9(7-16)17-11/h1-7,13H,8H2. The van der Waals surface area contributed by atoms with E-state index in [1.807, 2.05) is 0 Å². The van der Waals surface area contributed by atoms with Crippen molar-refractivity contribution in [1.29, 1.82) is 0 Å². The Labute approximate surface area is 107 Å². The fourth-order valence-electron chi connectivity index (χ4n) is 1.51. The topological polar surface area (TPSA) is 30.2 Å². The highest BCUT2D eigenvalue weighted by molar-refractivity contribution is 7.99. The summed E-state index contributed by atoms with van der Waals surface area (Å²) in [7, 11) is 0. The fraction of sp³-hybridized carbons (Fsp3) is 0.154. The van der Waals surface area contributed by atoms with Crippen LogP contribution in [0.2, 0.25) is 0 Å². The Morgan fingerprint density at radius 2 is 2.00 bits per heavy atom. The van der Waals surface area contributed by atoms with Gasteiger partial charge in [0.25, 0.3) is 0 Å². The van der Waals surface area contributed by atoms with Gasteiger partial charge >= 0.3 is 0 Å². The van der Waals surface area contributed by atoms with Crippen LogP contribution in [0.3, 0.4) is 0 Å². The van der Waals surface area contributed by atoms with Gasteiger partial charge in [0.2, 0.25) is 6.43 Å². The maximum Gasteiger partial charge on any atom is 0.247 e. The van der Waals surface area contributed by atoms with Gasteiger partial charge < -0.3 is 4.42 Å². The third-order valence-corrected chi connectivity index (χ3v) is 3.35. The van der Waals surface area contributed by atoms with Crippen molar-refractivity contribution in [3.63, 3.8) is 0 Å². The average molecular weight is 268 g/mol. The van der Waals surface area contributed by atoms with E-state index in [9.17, 15) is 13.6 Å². The van der Waals surface area contributed by atoms with Crippen LogP contribution in [0.15, 0.2) is 45.7 Å². The lowest BCUT2D eigenvalue weighted by Gasteiger charge is -2.06. The molecule has 0 saturated heterocycles. The van der Waals surface area contributed by atoms with E-state index >= 15 is 0 Å². The average Bonchev–Trinajstić information content (AvgIpc) is 2.85. The first-order chi connectivity index (χ1) is 8.70. The Morgan fingerprint density at radius 3 is 2.67 bits per heavy atom. The summed E-state index contributed by atoms with van der Waals surface area (Å²) in [5.41, 5.74) is 0.719. The van der Waals surface area contributed by atoms with E-state index in [1.165, 1.54) is 0 Å². The second-order valence-electron chi connectivity index (χ2n) is 3.52. The molecule has 5 heteroatoms. The molecular formula is C13H10F2O2S. The molecule has 94 valence electrons. The lowest BCUT2D eigenvalue weighted by molar-refractivity contribution is 0.110. The number of aldehydes is 1. The molecule has 2 nitrogen and oxygen atoms in total. The van der Waals surface area contributed by atoms with Gasteiger partial charge in [-0.1, -0.05) is 18.2 Å². The van der Waals surface area contributed by atoms with Gasteiger partial charge in [-0.2, -0.15) is 0 Å². The first-order valence-corrected chi connectivity index (χ1v) is 6.24. The Bertz CT molecular complexity index is 537. The minimum absolute atomic E-state index is 0.221. The van der Waals surface area contributed by atoms with Gasteiger partial charge in [-0.15, -0.1) is 11.8 Å². The summed E-state index contributed by atoms with van der Waals surface area (Å²) in [6, 6.07) is 10.3. The second kappa shape index (κ2) is 5.82. The normalized spacial score (nSPS) is 10.8. The Morgan fingerprint density at radius 1 is 1.22 bits per heavy atom. The number of halogens is 2. The van der Waals surface area contributed by atoms with Crippen molar-refractivity contribution in [2.24, 2.45) is 0 Å². The zero-order chi connectivity index (χ0) is 13.0. The van der Waals surface area contributed by atoms with Crippen LogP contribution in [0.5, 0.6) is 0 Å². The minimum atomic E-state index is -2.36. The maximum absolute atomic E-state index is 12.2. The van der Waals surface area contributed by atoms with Gasteiger partial charge in [-0.25, -0.2) is 8.78 Å². The smallest absolute Gasteiger partial charge is 0.247 e. The Balaban J connectivity index is 2.29. The zero-order valence-electron chi connectivity index (χ0n) is 9.31. The molecule has 1 aromatic carbocycles. The lowest BCUT2D eigenvalue weighted by Crippen LogP contribution is -1.93. The number of furan rings is 1. The number of carbonyl (C=O) groups is 1. The SMILES string of the molecule is O=Cc1ccc(-c2ccccc2SCC(F)F)o1. The predicted molar refractivity (Wildman–Crippen MR) is 66.3 cm³/mol. The van der Waals surface area contributed by atoms with E-state index in [0.717, 1.165) is 17.3 Å². The van der Waals surface area contributed by atoms with Gasteiger partial charge in [0.05, 0.1) is 5.75 Å². The van der Waals surface area contributed by atoms with E-state index in [2.05, 4.69) is 0 Å². The minimum Gasteiger partial charge on any atom is -0.453 e. The second-order valence-corrected chi connectivity index (χ2v) is 4.58. The van der Waals surface area contributed by atoms with Gasteiger partial charge in [0.15, 0.2) is 12.0 Å². The molecule has 0 aliphatic rings. The monoisotopic (exact) mass is 268 g/mol. The van der Waals surface area contributed by atoms with Crippen molar-refractivity contribution in [1.82, 2.24) is 0 Å². The molecule has 0 spiro atoms. The van der Waals surface area contributed by atoms with Crippen molar-refractivity contribution in [2.45, 2.75) is 11.3 Å². The van der Waals surface area contributed by atoms with E-state index < -0.39 is 6.43 Å². The number of carbonyl (C=O) groups excluding carboxylic acids is 1. The van der Waals surface area contributed by atoms with Crippen LogP contribution in [0.4, 0.5) is 8.78 Å².